The third kappa shape index (κ3) is 2.86. The van der Waals surface area contributed by atoms with Gasteiger partial charge in [0.25, 0.3) is 5.91 Å². The number of thiophene rings is 1. The van der Waals surface area contributed by atoms with Crippen LogP contribution in [0.4, 0.5) is 5.82 Å². The van der Waals surface area contributed by atoms with Crippen molar-refractivity contribution < 1.29 is 9.53 Å². The van der Waals surface area contributed by atoms with Gasteiger partial charge in [-0.25, -0.2) is 9.97 Å². The van der Waals surface area contributed by atoms with Gasteiger partial charge in [0.15, 0.2) is 6.10 Å². The summed E-state index contributed by atoms with van der Waals surface area (Å²) in [5, 5.41) is 2.11. The Bertz CT molecular complexity index is 741. The second-order valence-corrected chi connectivity index (χ2v) is 7.36. The molecule has 0 radical (unpaired) electrons. The normalized spacial score (nSPS) is 22.1. The lowest BCUT2D eigenvalue weighted by atomic mass is 10.1. The van der Waals surface area contributed by atoms with Crippen LogP contribution in [0.1, 0.15) is 24.8 Å². The molecule has 1 amide bonds. The monoisotopic (exact) mass is 346 g/mol. The molecule has 0 spiro atoms. The fraction of sp³-hybridized carbons (Fsp3) is 0.588. The Morgan fingerprint density at radius 3 is 2.92 bits per heavy atom. The van der Waals surface area contributed by atoms with E-state index in [4.69, 9.17) is 4.74 Å². The van der Waals surface area contributed by atoms with E-state index >= 15 is 0 Å². The number of hydrogen-bond acceptors (Lipinski definition) is 6. The second-order valence-electron chi connectivity index (χ2n) is 6.49. The number of amides is 1. The number of aryl methyl sites for hydroxylation is 1. The summed E-state index contributed by atoms with van der Waals surface area (Å²) < 4.78 is 6.89. The molecule has 128 valence electrons. The number of carbonyl (C=O) groups is 1. The van der Waals surface area contributed by atoms with E-state index in [2.05, 4.69) is 27.2 Å². The number of ether oxygens (including phenoxy) is 1. The molecule has 2 fully saturated rings. The topological polar surface area (TPSA) is 58.6 Å². The molecule has 2 aliphatic heterocycles. The molecule has 0 saturated carbocycles. The van der Waals surface area contributed by atoms with Gasteiger partial charge in [0.1, 0.15) is 12.1 Å². The number of aromatic nitrogens is 2. The van der Waals surface area contributed by atoms with E-state index in [-0.39, 0.29) is 12.0 Å². The summed E-state index contributed by atoms with van der Waals surface area (Å²) in [6.07, 6.45) is 4.65. The van der Waals surface area contributed by atoms with Crippen molar-refractivity contribution >= 4 is 33.3 Å². The summed E-state index contributed by atoms with van der Waals surface area (Å²) in [5.41, 5.74) is 2.18. The van der Waals surface area contributed by atoms with E-state index in [0.29, 0.717) is 13.2 Å². The highest BCUT2D eigenvalue weighted by Crippen LogP contribution is 2.31. The predicted molar refractivity (Wildman–Crippen MR) is 94.5 cm³/mol. The SMILES string of the molecule is Cc1csc2c(N3CCOC(C(=O)N4CCCCC4)C3)ncnc12. The van der Waals surface area contributed by atoms with Gasteiger partial charge in [0.05, 0.1) is 23.4 Å². The average molecular weight is 346 g/mol. The number of fused-ring (bicyclic) bond motifs is 1. The molecule has 2 aromatic rings. The minimum absolute atomic E-state index is 0.132. The molecule has 7 heteroatoms. The van der Waals surface area contributed by atoms with Crippen molar-refractivity contribution in [1.82, 2.24) is 14.9 Å². The van der Waals surface area contributed by atoms with Crippen LogP contribution in [0.3, 0.4) is 0 Å². The maximum Gasteiger partial charge on any atom is 0.253 e. The van der Waals surface area contributed by atoms with Crippen molar-refractivity contribution in [3.8, 4) is 0 Å². The average Bonchev–Trinajstić information content (AvgIpc) is 3.03. The molecule has 0 aliphatic carbocycles. The first kappa shape index (κ1) is 15.8. The molecule has 2 saturated heterocycles. The molecule has 2 aliphatic rings. The van der Waals surface area contributed by atoms with Gasteiger partial charge in [-0.15, -0.1) is 11.3 Å². The zero-order valence-corrected chi connectivity index (χ0v) is 14.7. The van der Waals surface area contributed by atoms with Gasteiger partial charge in [-0.1, -0.05) is 0 Å². The number of nitrogens with zero attached hydrogens (tertiary/aromatic N) is 4. The van der Waals surface area contributed by atoms with E-state index in [9.17, 15) is 4.79 Å². The maximum absolute atomic E-state index is 12.7. The first-order chi connectivity index (χ1) is 11.7. The fourth-order valence-electron chi connectivity index (χ4n) is 3.49. The smallest absolute Gasteiger partial charge is 0.253 e. The molecule has 6 nitrogen and oxygen atoms in total. The maximum atomic E-state index is 12.7. The highest BCUT2D eigenvalue weighted by molar-refractivity contribution is 7.18. The Balaban J connectivity index is 1.54. The number of rotatable bonds is 2. The lowest BCUT2D eigenvalue weighted by molar-refractivity contribution is -0.145. The molecule has 4 heterocycles. The highest BCUT2D eigenvalue weighted by Gasteiger charge is 2.32. The number of carbonyl (C=O) groups excluding carboxylic acids is 1. The Morgan fingerprint density at radius 2 is 2.08 bits per heavy atom. The minimum atomic E-state index is -0.386. The zero-order chi connectivity index (χ0) is 16.5. The first-order valence-corrected chi connectivity index (χ1v) is 9.46. The van der Waals surface area contributed by atoms with Gasteiger partial charge in [-0.3, -0.25) is 4.79 Å². The fourth-order valence-corrected chi connectivity index (χ4v) is 4.51. The summed E-state index contributed by atoms with van der Waals surface area (Å²) >= 11 is 1.67. The van der Waals surface area contributed by atoms with Crippen molar-refractivity contribution in [1.29, 1.82) is 0 Å². The number of likely N-dealkylation sites (tertiary alicyclic amines) is 1. The Morgan fingerprint density at radius 1 is 1.25 bits per heavy atom. The van der Waals surface area contributed by atoms with Gasteiger partial charge in [-0.05, 0) is 37.1 Å². The summed E-state index contributed by atoms with van der Waals surface area (Å²) in [5.74, 6) is 1.06. The van der Waals surface area contributed by atoms with Gasteiger partial charge in [0.2, 0.25) is 0 Å². The van der Waals surface area contributed by atoms with Crippen LogP contribution in [0.15, 0.2) is 11.7 Å². The summed E-state index contributed by atoms with van der Waals surface area (Å²) in [6.45, 7) is 5.67. The summed E-state index contributed by atoms with van der Waals surface area (Å²) in [7, 11) is 0. The quantitative estimate of drug-likeness (QED) is 0.834. The van der Waals surface area contributed by atoms with E-state index in [1.54, 1.807) is 17.7 Å². The van der Waals surface area contributed by atoms with Crippen molar-refractivity contribution in [3.63, 3.8) is 0 Å². The summed E-state index contributed by atoms with van der Waals surface area (Å²) in [4.78, 5) is 25.8. The Labute approximate surface area is 145 Å². The van der Waals surface area contributed by atoms with E-state index in [1.165, 1.54) is 12.0 Å². The highest BCUT2D eigenvalue weighted by atomic mass is 32.1. The number of anilines is 1. The van der Waals surface area contributed by atoms with Crippen molar-refractivity contribution in [2.24, 2.45) is 0 Å². The number of hydrogen-bond donors (Lipinski definition) is 0. The molecular weight excluding hydrogens is 324 g/mol. The van der Waals surface area contributed by atoms with Crippen LogP contribution in [-0.2, 0) is 9.53 Å². The molecule has 4 rings (SSSR count). The number of morpholine rings is 1. The Kier molecular flexibility index (Phi) is 4.37. The molecule has 1 unspecified atom stereocenters. The summed E-state index contributed by atoms with van der Waals surface area (Å²) in [6, 6.07) is 0. The van der Waals surface area contributed by atoms with Crippen LogP contribution >= 0.6 is 11.3 Å². The van der Waals surface area contributed by atoms with Crippen molar-refractivity contribution in [3.05, 3.63) is 17.3 Å². The largest absolute Gasteiger partial charge is 0.365 e. The standard InChI is InChI=1S/C17H22N4O2S/c1-12-10-24-15-14(12)18-11-19-16(15)21-7-8-23-13(9-21)17(22)20-5-3-2-4-6-20/h10-11,13H,2-9H2,1H3. The zero-order valence-electron chi connectivity index (χ0n) is 13.9. The number of piperidine rings is 1. The van der Waals surface area contributed by atoms with Crippen molar-refractivity contribution in [2.45, 2.75) is 32.3 Å². The third-order valence-corrected chi connectivity index (χ3v) is 5.90. The van der Waals surface area contributed by atoms with Gasteiger partial charge in [-0.2, -0.15) is 0 Å². The van der Waals surface area contributed by atoms with Crippen LogP contribution in [-0.4, -0.2) is 59.7 Å². The first-order valence-electron chi connectivity index (χ1n) is 8.58. The van der Waals surface area contributed by atoms with Gasteiger partial charge >= 0.3 is 0 Å². The van der Waals surface area contributed by atoms with E-state index < -0.39 is 0 Å². The lowest BCUT2D eigenvalue weighted by Gasteiger charge is -2.36. The minimum Gasteiger partial charge on any atom is -0.365 e. The molecule has 1 atom stereocenters. The molecular formula is C17H22N4O2S. The molecule has 24 heavy (non-hydrogen) atoms. The van der Waals surface area contributed by atoms with Crippen LogP contribution in [0, 0.1) is 6.92 Å². The second kappa shape index (κ2) is 6.64. The van der Waals surface area contributed by atoms with Crippen LogP contribution in [0.2, 0.25) is 0 Å². The molecule has 0 N–H and O–H groups in total. The molecule has 0 aromatic carbocycles. The van der Waals surface area contributed by atoms with Crippen molar-refractivity contribution in [2.75, 3.05) is 37.7 Å². The van der Waals surface area contributed by atoms with Crippen LogP contribution < -0.4 is 4.90 Å². The third-order valence-electron chi connectivity index (χ3n) is 4.82. The van der Waals surface area contributed by atoms with Crippen LogP contribution in [0.25, 0.3) is 10.2 Å². The lowest BCUT2D eigenvalue weighted by Crippen LogP contribution is -2.52. The van der Waals surface area contributed by atoms with Crippen LogP contribution in [0.5, 0.6) is 0 Å². The van der Waals surface area contributed by atoms with Gasteiger partial charge in [0, 0.05) is 19.6 Å². The predicted octanol–water partition coefficient (Wildman–Crippen LogP) is 2.22. The van der Waals surface area contributed by atoms with E-state index in [0.717, 1.165) is 48.5 Å². The molecule has 2 aromatic heterocycles. The molecule has 0 bridgehead atoms. The Hall–Kier alpha value is -1.73. The van der Waals surface area contributed by atoms with E-state index in [1.807, 2.05) is 4.90 Å². The van der Waals surface area contributed by atoms with Gasteiger partial charge < -0.3 is 14.5 Å².